The number of aliphatic hydroxyl groups is 1. The van der Waals surface area contributed by atoms with Crippen molar-refractivity contribution in [1.29, 1.82) is 0 Å². The van der Waals surface area contributed by atoms with Gasteiger partial charge in [-0.2, -0.15) is 0 Å². The van der Waals surface area contributed by atoms with Crippen molar-refractivity contribution in [2.24, 2.45) is 5.92 Å². The maximum absolute atomic E-state index is 13.4. The summed E-state index contributed by atoms with van der Waals surface area (Å²) in [5.74, 6) is 0.124. The standard InChI is InChI=1S/C22H28N2O3/c1-15(2)24-14-19(17-8-3-4-9-18(17)21(24)26)20(25)23-12-11-22(27)10-6-5-7-16(22)13-23/h3-4,8-9,14-16,27H,5-7,10-13H2,1-2H3/t16-,22-/m1/s1. The Labute approximate surface area is 159 Å². The number of rotatable bonds is 2. The van der Waals surface area contributed by atoms with E-state index < -0.39 is 5.60 Å². The molecule has 1 saturated carbocycles. The first-order chi connectivity index (χ1) is 12.9. The quantitative estimate of drug-likeness (QED) is 0.884. The number of amides is 1. The Bertz CT molecular complexity index is 933. The summed E-state index contributed by atoms with van der Waals surface area (Å²) in [7, 11) is 0. The fourth-order valence-corrected chi connectivity index (χ4v) is 4.79. The van der Waals surface area contributed by atoms with Crippen LogP contribution < -0.4 is 5.56 Å². The van der Waals surface area contributed by atoms with Crippen LogP contribution in [0.2, 0.25) is 0 Å². The molecule has 1 aromatic heterocycles. The molecule has 27 heavy (non-hydrogen) atoms. The molecule has 1 aromatic carbocycles. The zero-order chi connectivity index (χ0) is 19.2. The molecule has 1 aliphatic heterocycles. The zero-order valence-electron chi connectivity index (χ0n) is 16.1. The number of piperidine rings is 1. The Morgan fingerprint density at radius 2 is 1.93 bits per heavy atom. The molecule has 1 aliphatic carbocycles. The molecule has 4 rings (SSSR count). The van der Waals surface area contributed by atoms with Crippen LogP contribution in [0.1, 0.15) is 62.4 Å². The van der Waals surface area contributed by atoms with Gasteiger partial charge in [-0.05, 0) is 39.2 Å². The van der Waals surface area contributed by atoms with E-state index in [4.69, 9.17) is 0 Å². The second kappa shape index (κ2) is 6.79. The van der Waals surface area contributed by atoms with Crippen LogP contribution in [-0.4, -0.2) is 39.2 Å². The largest absolute Gasteiger partial charge is 0.389 e. The minimum Gasteiger partial charge on any atom is -0.389 e. The third-order valence-corrected chi connectivity index (χ3v) is 6.45. The summed E-state index contributed by atoms with van der Waals surface area (Å²) in [6.07, 6.45) is 6.39. The smallest absolute Gasteiger partial charge is 0.258 e. The van der Waals surface area contributed by atoms with Gasteiger partial charge in [0.2, 0.25) is 0 Å². The van der Waals surface area contributed by atoms with Crippen LogP contribution in [0.15, 0.2) is 35.3 Å². The highest BCUT2D eigenvalue weighted by molar-refractivity contribution is 6.06. The van der Waals surface area contributed by atoms with Gasteiger partial charge in [0.15, 0.2) is 0 Å². The van der Waals surface area contributed by atoms with Crippen LogP contribution in [0.5, 0.6) is 0 Å². The molecule has 2 atom stereocenters. The van der Waals surface area contributed by atoms with E-state index in [2.05, 4.69) is 0 Å². The van der Waals surface area contributed by atoms with Crippen molar-refractivity contribution in [3.8, 4) is 0 Å². The van der Waals surface area contributed by atoms with Crippen LogP contribution in [0.4, 0.5) is 0 Å². The molecule has 0 bridgehead atoms. The van der Waals surface area contributed by atoms with Gasteiger partial charge in [0.05, 0.1) is 11.2 Å². The van der Waals surface area contributed by atoms with Gasteiger partial charge in [0, 0.05) is 42.0 Å². The van der Waals surface area contributed by atoms with Crippen molar-refractivity contribution >= 4 is 16.7 Å². The van der Waals surface area contributed by atoms with Gasteiger partial charge in [-0.3, -0.25) is 9.59 Å². The molecule has 2 aliphatic rings. The summed E-state index contributed by atoms with van der Waals surface area (Å²) in [6.45, 7) is 5.08. The molecule has 2 aromatic rings. The molecule has 1 N–H and O–H groups in total. The fourth-order valence-electron chi connectivity index (χ4n) is 4.79. The van der Waals surface area contributed by atoms with E-state index >= 15 is 0 Å². The van der Waals surface area contributed by atoms with E-state index in [1.54, 1.807) is 16.8 Å². The number of fused-ring (bicyclic) bond motifs is 2. The fraction of sp³-hybridized carbons (Fsp3) is 0.545. The zero-order valence-corrected chi connectivity index (χ0v) is 16.1. The van der Waals surface area contributed by atoms with E-state index in [9.17, 15) is 14.7 Å². The third-order valence-electron chi connectivity index (χ3n) is 6.45. The van der Waals surface area contributed by atoms with Crippen molar-refractivity contribution in [3.63, 3.8) is 0 Å². The number of carbonyl (C=O) groups excluding carboxylic acids is 1. The number of likely N-dealkylation sites (tertiary alicyclic amines) is 1. The topological polar surface area (TPSA) is 62.5 Å². The number of benzene rings is 1. The molecule has 0 unspecified atom stereocenters. The molecular formula is C22H28N2O3. The summed E-state index contributed by atoms with van der Waals surface area (Å²) in [4.78, 5) is 28.0. The van der Waals surface area contributed by atoms with E-state index in [0.717, 1.165) is 25.7 Å². The molecule has 2 heterocycles. The van der Waals surface area contributed by atoms with Crippen LogP contribution in [0, 0.1) is 5.92 Å². The second-order valence-electron chi connectivity index (χ2n) is 8.44. The highest BCUT2D eigenvalue weighted by Crippen LogP contribution is 2.40. The Morgan fingerprint density at radius 1 is 1.19 bits per heavy atom. The molecule has 1 amide bonds. The highest BCUT2D eigenvalue weighted by atomic mass is 16.3. The lowest BCUT2D eigenvalue weighted by atomic mass is 9.71. The molecule has 0 radical (unpaired) electrons. The maximum Gasteiger partial charge on any atom is 0.258 e. The maximum atomic E-state index is 13.4. The van der Waals surface area contributed by atoms with E-state index in [0.29, 0.717) is 35.8 Å². The molecule has 1 saturated heterocycles. The molecule has 0 spiro atoms. The van der Waals surface area contributed by atoms with Gasteiger partial charge in [0.25, 0.3) is 11.5 Å². The van der Waals surface area contributed by atoms with E-state index in [1.807, 2.05) is 36.9 Å². The number of pyridine rings is 1. The Hall–Kier alpha value is -2.14. The van der Waals surface area contributed by atoms with Gasteiger partial charge in [-0.15, -0.1) is 0 Å². The van der Waals surface area contributed by atoms with Crippen molar-refractivity contribution in [2.75, 3.05) is 13.1 Å². The molecular weight excluding hydrogens is 340 g/mol. The predicted octanol–water partition coefficient (Wildman–Crippen LogP) is 3.35. The number of hydrogen-bond acceptors (Lipinski definition) is 3. The number of aromatic nitrogens is 1. The van der Waals surface area contributed by atoms with Crippen LogP contribution in [0.3, 0.4) is 0 Å². The second-order valence-corrected chi connectivity index (χ2v) is 8.44. The lowest BCUT2D eigenvalue weighted by Gasteiger charge is -2.47. The summed E-state index contributed by atoms with van der Waals surface area (Å²) in [5, 5.41) is 12.2. The summed E-state index contributed by atoms with van der Waals surface area (Å²) in [5.41, 5.74) is -0.0778. The van der Waals surface area contributed by atoms with Gasteiger partial charge >= 0.3 is 0 Å². The van der Waals surface area contributed by atoms with Gasteiger partial charge in [-0.1, -0.05) is 31.0 Å². The number of carbonyl (C=O) groups is 1. The Morgan fingerprint density at radius 3 is 2.67 bits per heavy atom. The summed E-state index contributed by atoms with van der Waals surface area (Å²) < 4.78 is 1.65. The van der Waals surface area contributed by atoms with Gasteiger partial charge < -0.3 is 14.6 Å². The van der Waals surface area contributed by atoms with E-state index in [1.165, 1.54) is 0 Å². The predicted molar refractivity (Wildman–Crippen MR) is 106 cm³/mol. The SMILES string of the molecule is CC(C)n1cc(C(=O)N2CC[C@]3(O)CCCC[C@@H]3C2)c2ccccc2c1=O. The van der Waals surface area contributed by atoms with Crippen molar-refractivity contribution in [3.05, 3.63) is 46.4 Å². The number of nitrogens with zero attached hydrogens (tertiary/aromatic N) is 2. The normalized spacial score (nSPS) is 25.6. The van der Waals surface area contributed by atoms with Crippen LogP contribution in [-0.2, 0) is 0 Å². The van der Waals surface area contributed by atoms with Gasteiger partial charge in [-0.25, -0.2) is 0 Å². The van der Waals surface area contributed by atoms with E-state index in [-0.39, 0.29) is 23.4 Å². The third kappa shape index (κ3) is 3.08. The van der Waals surface area contributed by atoms with Crippen LogP contribution in [0.25, 0.3) is 10.8 Å². The average Bonchev–Trinajstić information content (AvgIpc) is 2.67. The van der Waals surface area contributed by atoms with Crippen LogP contribution >= 0.6 is 0 Å². The van der Waals surface area contributed by atoms with Crippen molar-refractivity contribution < 1.29 is 9.90 Å². The van der Waals surface area contributed by atoms with Crippen molar-refractivity contribution in [2.45, 2.75) is 57.6 Å². The monoisotopic (exact) mass is 368 g/mol. The first-order valence-electron chi connectivity index (χ1n) is 10.1. The first kappa shape index (κ1) is 18.2. The molecule has 5 heteroatoms. The average molecular weight is 368 g/mol. The summed E-state index contributed by atoms with van der Waals surface area (Å²) >= 11 is 0. The molecule has 5 nitrogen and oxygen atoms in total. The highest BCUT2D eigenvalue weighted by Gasteiger charge is 2.44. The Balaban J connectivity index is 1.73. The van der Waals surface area contributed by atoms with Gasteiger partial charge in [0.1, 0.15) is 0 Å². The lowest BCUT2D eigenvalue weighted by Crippen LogP contribution is -2.54. The minimum atomic E-state index is -0.603. The number of hydrogen-bond donors (Lipinski definition) is 1. The Kier molecular flexibility index (Phi) is 4.58. The lowest BCUT2D eigenvalue weighted by molar-refractivity contribution is -0.0886. The molecule has 2 fully saturated rings. The molecule has 144 valence electrons. The summed E-state index contributed by atoms with van der Waals surface area (Å²) in [6, 6.07) is 7.34. The first-order valence-corrected chi connectivity index (χ1v) is 10.1. The van der Waals surface area contributed by atoms with Crippen molar-refractivity contribution in [1.82, 2.24) is 9.47 Å². The minimum absolute atomic E-state index is 0.0153.